The molecular weight excluding hydrogens is 222 g/mol. The third-order valence-electron chi connectivity index (χ3n) is 4.32. The quantitative estimate of drug-likeness (QED) is 0.780. The summed E-state index contributed by atoms with van der Waals surface area (Å²) < 4.78 is 0. The second kappa shape index (κ2) is 5.13. The number of rotatable bonds is 5. The van der Waals surface area contributed by atoms with Crippen molar-refractivity contribution in [1.82, 2.24) is 4.90 Å². The van der Waals surface area contributed by atoms with Crippen LogP contribution in [0.2, 0.25) is 0 Å². The molecule has 0 N–H and O–H groups in total. The summed E-state index contributed by atoms with van der Waals surface area (Å²) in [5.41, 5.74) is 0.982. The van der Waals surface area contributed by atoms with Crippen LogP contribution in [0.15, 0.2) is 30.3 Å². The van der Waals surface area contributed by atoms with Gasteiger partial charge in [-0.05, 0) is 31.7 Å². The van der Waals surface area contributed by atoms with Gasteiger partial charge in [-0.15, -0.1) is 0 Å². The van der Waals surface area contributed by atoms with Gasteiger partial charge in [0.1, 0.15) is 0 Å². The van der Waals surface area contributed by atoms with E-state index in [-0.39, 0.29) is 5.41 Å². The second-order valence-electron chi connectivity index (χ2n) is 5.12. The average Bonchev–Trinajstić information content (AvgIpc) is 3.17. The Morgan fingerprint density at radius 3 is 2.28 bits per heavy atom. The van der Waals surface area contributed by atoms with Gasteiger partial charge >= 0.3 is 0 Å². The average molecular weight is 245 g/mol. The third kappa shape index (κ3) is 1.94. The number of hydrogen-bond acceptors (Lipinski definition) is 1. The maximum atomic E-state index is 12.8. The van der Waals surface area contributed by atoms with E-state index in [1.807, 2.05) is 23.1 Å². The van der Waals surface area contributed by atoms with Crippen molar-refractivity contribution in [1.29, 1.82) is 0 Å². The first-order valence-electron chi connectivity index (χ1n) is 7.05. The first-order chi connectivity index (χ1) is 8.70. The molecule has 2 atom stereocenters. The fourth-order valence-corrected chi connectivity index (χ4v) is 3.09. The predicted molar refractivity (Wildman–Crippen MR) is 74.4 cm³/mol. The van der Waals surface area contributed by atoms with Crippen molar-refractivity contribution in [2.75, 3.05) is 13.1 Å². The zero-order valence-corrected chi connectivity index (χ0v) is 11.6. The summed E-state index contributed by atoms with van der Waals surface area (Å²) in [5, 5.41) is 0. The molecule has 18 heavy (non-hydrogen) atoms. The SMILES string of the molecule is CC[C@@H]1C[C@@]1(C(=O)N(CC)CC)c1ccccc1. The summed E-state index contributed by atoms with van der Waals surface area (Å²) in [7, 11) is 0. The molecule has 0 aromatic heterocycles. The summed E-state index contributed by atoms with van der Waals surface area (Å²) in [4.78, 5) is 14.8. The molecule has 1 fully saturated rings. The van der Waals surface area contributed by atoms with E-state index in [1.54, 1.807) is 0 Å². The van der Waals surface area contributed by atoms with Gasteiger partial charge in [0.2, 0.25) is 5.91 Å². The molecule has 0 aliphatic heterocycles. The van der Waals surface area contributed by atoms with Crippen molar-refractivity contribution in [3.63, 3.8) is 0 Å². The topological polar surface area (TPSA) is 20.3 Å². The molecule has 0 heterocycles. The summed E-state index contributed by atoms with van der Waals surface area (Å²) >= 11 is 0. The minimum Gasteiger partial charge on any atom is -0.342 e. The number of likely N-dealkylation sites (N-methyl/N-ethyl adjacent to an activating group) is 1. The largest absolute Gasteiger partial charge is 0.342 e. The lowest BCUT2D eigenvalue weighted by Gasteiger charge is -2.26. The van der Waals surface area contributed by atoms with Crippen LogP contribution in [0.4, 0.5) is 0 Å². The zero-order valence-electron chi connectivity index (χ0n) is 11.6. The number of nitrogens with zero attached hydrogens (tertiary/aromatic N) is 1. The third-order valence-corrected chi connectivity index (χ3v) is 4.32. The van der Waals surface area contributed by atoms with E-state index in [1.165, 1.54) is 5.56 Å². The highest BCUT2D eigenvalue weighted by molar-refractivity contribution is 5.92. The Bertz CT molecular complexity index is 410. The normalized spacial score (nSPS) is 25.8. The number of carbonyl (C=O) groups excluding carboxylic acids is 1. The molecule has 0 spiro atoms. The monoisotopic (exact) mass is 245 g/mol. The molecule has 2 rings (SSSR count). The van der Waals surface area contributed by atoms with Crippen LogP contribution in [0.3, 0.4) is 0 Å². The van der Waals surface area contributed by atoms with Crippen LogP contribution in [0, 0.1) is 5.92 Å². The molecule has 0 radical (unpaired) electrons. The fourth-order valence-electron chi connectivity index (χ4n) is 3.09. The molecule has 0 unspecified atom stereocenters. The lowest BCUT2D eigenvalue weighted by Crippen LogP contribution is -2.40. The molecule has 2 nitrogen and oxygen atoms in total. The van der Waals surface area contributed by atoms with E-state index in [0.717, 1.165) is 25.9 Å². The van der Waals surface area contributed by atoms with Crippen LogP contribution in [0.1, 0.15) is 39.2 Å². The van der Waals surface area contributed by atoms with Crippen molar-refractivity contribution in [3.05, 3.63) is 35.9 Å². The Morgan fingerprint density at radius 2 is 1.83 bits per heavy atom. The second-order valence-corrected chi connectivity index (χ2v) is 5.12. The number of amides is 1. The van der Waals surface area contributed by atoms with Gasteiger partial charge in [0.05, 0.1) is 5.41 Å². The van der Waals surface area contributed by atoms with Crippen LogP contribution in [0.25, 0.3) is 0 Å². The van der Waals surface area contributed by atoms with E-state index < -0.39 is 0 Å². The van der Waals surface area contributed by atoms with Crippen molar-refractivity contribution >= 4 is 5.91 Å². The number of benzene rings is 1. The van der Waals surface area contributed by atoms with E-state index >= 15 is 0 Å². The fraction of sp³-hybridized carbons (Fsp3) is 0.562. The van der Waals surface area contributed by atoms with Gasteiger partial charge < -0.3 is 4.90 Å². The van der Waals surface area contributed by atoms with E-state index in [0.29, 0.717) is 11.8 Å². The highest BCUT2D eigenvalue weighted by Crippen LogP contribution is 2.57. The van der Waals surface area contributed by atoms with E-state index in [9.17, 15) is 4.79 Å². The molecule has 0 saturated heterocycles. The van der Waals surface area contributed by atoms with Gasteiger partial charge in [-0.1, -0.05) is 43.7 Å². The van der Waals surface area contributed by atoms with Gasteiger partial charge in [-0.25, -0.2) is 0 Å². The maximum Gasteiger partial charge on any atom is 0.233 e. The van der Waals surface area contributed by atoms with E-state index in [4.69, 9.17) is 0 Å². The lowest BCUT2D eigenvalue weighted by atomic mass is 9.90. The van der Waals surface area contributed by atoms with Crippen molar-refractivity contribution in [3.8, 4) is 0 Å². The predicted octanol–water partition coefficient (Wildman–Crippen LogP) is 3.22. The Balaban J connectivity index is 2.32. The molecule has 0 bridgehead atoms. The van der Waals surface area contributed by atoms with Crippen LogP contribution >= 0.6 is 0 Å². The Labute approximate surface area is 110 Å². The highest BCUT2D eigenvalue weighted by Gasteiger charge is 2.60. The van der Waals surface area contributed by atoms with Gasteiger partial charge in [-0.3, -0.25) is 4.79 Å². The number of hydrogen-bond donors (Lipinski definition) is 0. The van der Waals surface area contributed by atoms with Crippen LogP contribution in [0.5, 0.6) is 0 Å². The summed E-state index contributed by atoms with van der Waals surface area (Å²) in [6, 6.07) is 10.3. The maximum absolute atomic E-state index is 12.8. The minimum absolute atomic E-state index is 0.220. The lowest BCUT2D eigenvalue weighted by molar-refractivity contribution is -0.134. The van der Waals surface area contributed by atoms with Gasteiger partial charge in [-0.2, -0.15) is 0 Å². The summed E-state index contributed by atoms with van der Waals surface area (Å²) in [6.07, 6.45) is 2.10. The molecule has 98 valence electrons. The standard InChI is InChI=1S/C16H23NO/c1-4-13-12-16(13,14-10-8-7-9-11-14)15(18)17(5-2)6-3/h7-11,13H,4-6,12H2,1-3H3/t13-,16+/m1/s1. The van der Waals surface area contributed by atoms with Gasteiger partial charge in [0.15, 0.2) is 0 Å². The molecule has 2 heteroatoms. The minimum atomic E-state index is -0.220. The van der Waals surface area contributed by atoms with Gasteiger partial charge in [0, 0.05) is 13.1 Å². The zero-order chi connectivity index (χ0) is 13.2. The molecule has 1 aromatic carbocycles. The summed E-state index contributed by atoms with van der Waals surface area (Å²) in [6.45, 7) is 7.92. The molecule has 1 aromatic rings. The smallest absolute Gasteiger partial charge is 0.233 e. The summed E-state index contributed by atoms with van der Waals surface area (Å²) in [5.74, 6) is 0.846. The Kier molecular flexibility index (Phi) is 3.74. The highest BCUT2D eigenvalue weighted by atomic mass is 16.2. The number of carbonyl (C=O) groups is 1. The Morgan fingerprint density at radius 1 is 1.22 bits per heavy atom. The van der Waals surface area contributed by atoms with Crippen LogP contribution in [-0.2, 0) is 10.2 Å². The molecule has 1 saturated carbocycles. The van der Waals surface area contributed by atoms with Crippen LogP contribution < -0.4 is 0 Å². The molecule has 1 amide bonds. The van der Waals surface area contributed by atoms with Crippen LogP contribution in [-0.4, -0.2) is 23.9 Å². The first kappa shape index (κ1) is 13.1. The van der Waals surface area contributed by atoms with Crippen molar-refractivity contribution < 1.29 is 4.79 Å². The van der Waals surface area contributed by atoms with E-state index in [2.05, 4.69) is 32.9 Å². The van der Waals surface area contributed by atoms with Gasteiger partial charge in [0.25, 0.3) is 0 Å². The molecular formula is C16H23NO. The molecule has 1 aliphatic rings. The first-order valence-corrected chi connectivity index (χ1v) is 7.05. The molecule has 1 aliphatic carbocycles. The Hall–Kier alpha value is -1.31. The van der Waals surface area contributed by atoms with Crippen molar-refractivity contribution in [2.45, 2.75) is 39.0 Å². The van der Waals surface area contributed by atoms with Crippen molar-refractivity contribution in [2.24, 2.45) is 5.92 Å².